The molecule has 0 radical (unpaired) electrons. The van der Waals surface area contributed by atoms with Gasteiger partial charge in [-0.15, -0.1) is 0 Å². The molecule has 0 aliphatic carbocycles. The van der Waals surface area contributed by atoms with Crippen LogP contribution < -0.4 is 14.6 Å². The summed E-state index contributed by atoms with van der Waals surface area (Å²) in [5.74, 6) is 0.116. The van der Waals surface area contributed by atoms with Gasteiger partial charge < -0.3 is 19.4 Å². The number of unbranched alkanes of at least 4 members (excludes halogenated alkanes) is 3. The monoisotopic (exact) mass is 265 g/mol. The second-order valence-electron chi connectivity index (χ2n) is 4.44. The largest absolute Gasteiger partial charge is 0.550 e. The predicted octanol–water partition coefficient (Wildman–Crippen LogP) is 1.95. The van der Waals surface area contributed by atoms with Crippen LogP contribution in [-0.4, -0.2) is 19.7 Å². The molecule has 0 atom stereocenters. The lowest BCUT2D eigenvalue weighted by atomic mass is 10.1. The molecule has 4 nitrogen and oxygen atoms in total. The maximum Gasteiger partial charge on any atom is 0.161 e. The molecule has 4 heteroatoms. The highest BCUT2D eigenvalue weighted by atomic mass is 16.5. The molecule has 1 aromatic rings. The van der Waals surface area contributed by atoms with E-state index in [2.05, 4.69) is 6.92 Å². The van der Waals surface area contributed by atoms with Gasteiger partial charge in [0.2, 0.25) is 0 Å². The van der Waals surface area contributed by atoms with E-state index in [0.29, 0.717) is 23.7 Å². The second kappa shape index (κ2) is 8.40. The van der Waals surface area contributed by atoms with Crippen LogP contribution in [0, 0.1) is 0 Å². The van der Waals surface area contributed by atoms with Crippen molar-refractivity contribution in [1.29, 1.82) is 0 Å². The first-order valence-electron chi connectivity index (χ1n) is 6.67. The number of carbonyl (C=O) groups is 1. The number of carbonyl (C=O) groups excluding carboxylic acids is 1. The van der Waals surface area contributed by atoms with Crippen LogP contribution in [0.5, 0.6) is 11.5 Å². The molecule has 106 valence electrons. The van der Waals surface area contributed by atoms with Gasteiger partial charge in [0.05, 0.1) is 13.7 Å². The van der Waals surface area contributed by atoms with E-state index >= 15 is 0 Å². The predicted molar refractivity (Wildman–Crippen MR) is 71.3 cm³/mol. The molecule has 0 bridgehead atoms. The molecule has 0 heterocycles. The van der Waals surface area contributed by atoms with Crippen LogP contribution in [0.2, 0.25) is 0 Å². The SMILES string of the molecule is CCCCCCOc1ccc(CC(=O)[O-])cc1OC. The summed E-state index contributed by atoms with van der Waals surface area (Å²) in [6.45, 7) is 2.82. The molecule has 0 saturated carbocycles. The fraction of sp³-hybridized carbons (Fsp3) is 0.533. The third-order valence-corrected chi connectivity index (χ3v) is 2.83. The van der Waals surface area contributed by atoms with Crippen LogP contribution in [-0.2, 0) is 11.2 Å². The number of ether oxygens (including phenoxy) is 2. The van der Waals surface area contributed by atoms with Crippen molar-refractivity contribution in [2.45, 2.75) is 39.0 Å². The van der Waals surface area contributed by atoms with Crippen LogP contribution in [0.1, 0.15) is 38.2 Å². The number of benzene rings is 1. The fourth-order valence-corrected chi connectivity index (χ4v) is 1.82. The lowest BCUT2D eigenvalue weighted by molar-refractivity contribution is -0.304. The van der Waals surface area contributed by atoms with Gasteiger partial charge in [-0.25, -0.2) is 0 Å². The van der Waals surface area contributed by atoms with Gasteiger partial charge >= 0.3 is 0 Å². The summed E-state index contributed by atoms with van der Waals surface area (Å²) in [4.78, 5) is 10.5. The van der Waals surface area contributed by atoms with E-state index < -0.39 is 5.97 Å². The van der Waals surface area contributed by atoms with Crippen LogP contribution in [0.4, 0.5) is 0 Å². The number of carboxylic acids is 1. The lowest BCUT2D eigenvalue weighted by Crippen LogP contribution is -2.24. The van der Waals surface area contributed by atoms with E-state index in [1.54, 1.807) is 25.3 Å². The second-order valence-corrected chi connectivity index (χ2v) is 4.44. The number of aliphatic carboxylic acids is 1. The highest BCUT2D eigenvalue weighted by Crippen LogP contribution is 2.28. The van der Waals surface area contributed by atoms with Gasteiger partial charge in [0.15, 0.2) is 11.5 Å². The normalized spacial score (nSPS) is 10.2. The summed E-state index contributed by atoms with van der Waals surface area (Å²) in [6.07, 6.45) is 4.46. The van der Waals surface area contributed by atoms with Gasteiger partial charge in [0, 0.05) is 12.4 Å². The molecule has 1 rings (SSSR count). The first kappa shape index (κ1) is 15.3. The number of methoxy groups -OCH3 is 1. The molecule has 0 unspecified atom stereocenters. The van der Waals surface area contributed by atoms with Gasteiger partial charge in [0.25, 0.3) is 0 Å². The van der Waals surface area contributed by atoms with E-state index in [0.717, 1.165) is 12.8 Å². The van der Waals surface area contributed by atoms with Crippen molar-refractivity contribution in [3.8, 4) is 11.5 Å². The minimum absolute atomic E-state index is 0.118. The Hall–Kier alpha value is -1.71. The summed E-state index contributed by atoms with van der Waals surface area (Å²) >= 11 is 0. The number of hydrogen-bond donors (Lipinski definition) is 0. The summed E-state index contributed by atoms with van der Waals surface area (Å²) < 4.78 is 10.9. The summed E-state index contributed by atoms with van der Waals surface area (Å²) in [5.41, 5.74) is 0.648. The van der Waals surface area contributed by atoms with Gasteiger partial charge in [-0.2, -0.15) is 0 Å². The zero-order valence-electron chi connectivity index (χ0n) is 11.6. The van der Waals surface area contributed by atoms with E-state index in [4.69, 9.17) is 9.47 Å². The number of carboxylic acid groups (broad SMARTS) is 1. The minimum atomic E-state index is -1.10. The third-order valence-electron chi connectivity index (χ3n) is 2.83. The van der Waals surface area contributed by atoms with Crippen molar-refractivity contribution in [1.82, 2.24) is 0 Å². The Morgan fingerprint density at radius 2 is 2.00 bits per heavy atom. The zero-order valence-corrected chi connectivity index (χ0v) is 11.6. The molecular weight excluding hydrogens is 244 g/mol. The van der Waals surface area contributed by atoms with Gasteiger partial charge in [-0.1, -0.05) is 32.3 Å². The molecule has 0 fully saturated rings. The molecule has 0 spiro atoms. The molecule has 1 aromatic carbocycles. The van der Waals surface area contributed by atoms with E-state index in [-0.39, 0.29) is 6.42 Å². The topological polar surface area (TPSA) is 58.6 Å². The molecule has 0 amide bonds. The Kier molecular flexibility index (Phi) is 6.79. The quantitative estimate of drug-likeness (QED) is 0.640. The molecule has 0 N–H and O–H groups in total. The minimum Gasteiger partial charge on any atom is -0.550 e. The van der Waals surface area contributed by atoms with Crippen molar-refractivity contribution in [3.63, 3.8) is 0 Å². The highest BCUT2D eigenvalue weighted by Gasteiger charge is 2.06. The van der Waals surface area contributed by atoms with Crippen LogP contribution in [0.3, 0.4) is 0 Å². The molecule has 19 heavy (non-hydrogen) atoms. The molecule has 0 aromatic heterocycles. The van der Waals surface area contributed by atoms with Gasteiger partial charge in [-0.05, 0) is 24.1 Å². The zero-order chi connectivity index (χ0) is 14.1. The van der Waals surface area contributed by atoms with Gasteiger partial charge in [0.1, 0.15) is 0 Å². The molecule has 0 saturated heterocycles. The number of rotatable bonds is 9. The van der Waals surface area contributed by atoms with Crippen molar-refractivity contribution in [3.05, 3.63) is 23.8 Å². The van der Waals surface area contributed by atoms with E-state index in [9.17, 15) is 9.90 Å². The standard InChI is InChI=1S/C15H22O4/c1-3-4-5-6-9-19-13-8-7-12(11-15(16)17)10-14(13)18-2/h7-8,10H,3-6,9,11H2,1-2H3,(H,16,17)/p-1. The van der Waals surface area contributed by atoms with Crippen molar-refractivity contribution < 1.29 is 19.4 Å². The average molecular weight is 265 g/mol. The highest BCUT2D eigenvalue weighted by molar-refractivity contribution is 5.68. The Morgan fingerprint density at radius 1 is 1.21 bits per heavy atom. The Bertz CT molecular complexity index is 401. The first-order valence-corrected chi connectivity index (χ1v) is 6.67. The lowest BCUT2D eigenvalue weighted by Gasteiger charge is -2.12. The maximum absolute atomic E-state index is 10.5. The van der Waals surface area contributed by atoms with Crippen LogP contribution in [0.25, 0.3) is 0 Å². The fourth-order valence-electron chi connectivity index (χ4n) is 1.82. The van der Waals surface area contributed by atoms with Crippen molar-refractivity contribution in [2.24, 2.45) is 0 Å². The van der Waals surface area contributed by atoms with Gasteiger partial charge in [-0.3, -0.25) is 0 Å². The Morgan fingerprint density at radius 3 is 2.63 bits per heavy atom. The average Bonchev–Trinajstić information content (AvgIpc) is 2.39. The Labute approximate surface area is 114 Å². The van der Waals surface area contributed by atoms with E-state index in [1.165, 1.54) is 12.8 Å². The van der Waals surface area contributed by atoms with Crippen LogP contribution in [0.15, 0.2) is 18.2 Å². The number of hydrogen-bond acceptors (Lipinski definition) is 4. The van der Waals surface area contributed by atoms with E-state index in [1.807, 2.05) is 0 Å². The third kappa shape index (κ3) is 5.64. The molecule has 0 aliphatic heterocycles. The van der Waals surface area contributed by atoms with Crippen LogP contribution >= 0.6 is 0 Å². The maximum atomic E-state index is 10.5. The van der Waals surface area contributed by atoms with Crippen molar-refractivity contribution in [2.75, 3.05) is 13.7 Å². The Balaban J connectivity index is 2.55. The molecule has 0 aliphatic rings. The van der Waals surface area contributed by atoms with Crippen molar-refractivity contribution >= 4 is 5.97 Å². The smallest absolute Gasteiger partial charge is 0.161 e. The summed E-state index contributed by atoms with van der Waals surface area (Å²) in [7, 11) is 1.54. The molecular formula is C15H21O4-. The first-order chi connectivity index (χ1) is 9.17. The summed E-state index contributed by atoms with van der Waals surface area (Å²) in [6, 6.07) is 5.15. The summed E-state index contributed by atoms with van der Waals surface area (Å²) in [5, 5.41) is 10.5.